The van der Waals surface area contributed by atoms with Gasteiger partial charge in [-0.3, -0.25) is 0 Å². The number of amides is 1. The number of halogens is 1. The quantitative estimate of drug-likeness (QED) is 0.441. The summed E-state index contributed by atoms with van der Waals surface area (Å²) < 4.78 is 22.0. The highest BCUT2D eigenvalue weighted by Crippen LogP contribution is 2.33. The standard InChI is InChI=1S/C26H32ClNO7.C2H6/c1-5-32-24(30)23-16-33-22-13-17(9-10-21(22)34-23)11-12-28(25(31)35-26(2,3)4)15-20(29)18-7-6-8-19(27)14-18;1-2/h6-10,13-14,20,23,29H,5,11-12,15-16H2,1-4H3;1-2H3/t20-,23?;/m0./s1. The summed E-state index contributed by atoms with van der Waals surface area (Å²) in [4.78, 5) is 26.3. The van der Waals surface area contributed by atoms with Gasteiger partial charge in [0.15, 0.2) is 11.5 Å². The van der Waals surface area contributed by atoms with Gasteiger partial charge in [0.05, 0.1) is 19.3 Å². The smallest absolute Gasteiger partial charge is 0.410 e. The van der Waals surface area contributed by atoms with Crippen LogP contribution >= 0.6 is 11.6 Å². The largest absolute Gasteiger partial charge is 0.485 e. The Morgan fingerprint density at radius 3 is 2.54 bits per heavy atom. The molecule has 2 aromatic rings. The van der Waals surface area contributed by atoms with Crippen molar-refractivity contribution in [2.45, 2.75) is 65.8 Å². The van der Waals surface area contributed by atoms with Gasteiger partial charge in [0, 0.05) is 11.6 Å². The maximum absolute atomic E-state index is 12.9. The number of benzene rings is 2. The molecule has 1 heterocycles. The zero-order chi connectivity index (χ0) is 27.6. The third-order valence-corrected chi connectivity index (χ3v) is 5.40. The summed E-state index contributed by atoms with van der Waals surface area (Å²) in [6.07, 6.45) is -1.77. The van der Waals surface area contributed by atoms with Gasteiger partial charge in [0.1, 0.15) is 12.2 Å². The summed E-state index contributed by atoms with van der Waals surface area (Å²) in [5, 5.41) is 11.2. The van der Waals surface area contributed by atoms with Crippen molar-refractivity contribution in [2.75, 3.05) is 26.3 Å². The molecule has 1 unspecified atom stereocenters. The molecule has 0 saturated heterocycles. The van der Waals surface area contributed by atoms with E-state index in [1.54, 1.807) is 58.0 Å². The number of rotatable bonds is 8. The minimum atomic E-state index is -0.929. The minimum Gasteiger partial charge on any atom is -0.485 e. The maximum atomic E-state index is 12.9. The molecule has 0 aromatic heterocycles. The Bertz CT molecular complexity index is 1040. The zero-order valence-corrected chi connectivity index (χ0v) is 23.2. The van der Waals surface area contributed by atoms with Gasteiger partial charge in [-0.05, 0) is 69.5 Å². The van der Waals surface area contributed by atoms with Gasteiger partial charge in [0.25, 0.3) is 0 Å². The Morgan fingerprint density at radius 2 is 1.89 bits per heavy atom. The topological polar surface area (TPSA) is 94.5 Å². The van der Waals surface area contributed by atoms with E-state index in [2.05, 4.69) is 0 Å². The monoisotopic (exact) mass is 535 g/mol. The van der Waals surface area contributed by atoms with E-state index in [1.807, 2.05) is 26.0 Å². The summed E-state index contributed by atoms with van der Waals surface area (Å²) in [5.74, 6) is 0.512. The minimum absolute atomic E-state index is 0.0427. The van der Waals surface area contributed by atoms with Crippen LogP contribution in [0.1, 0.15) is 58.8 Å². The van der Waals surface area contributed by atoms with Gasteiger partial charge >= 0.3 is 12.1 Å². The number of hydrogen-bond donors (Lipinski definition) is 1. The van der Waals surface area contributed by atoms with Crippen molar-refractivity contribution in [2.24, 2.45) is 0 Å². The maximum Gasteiger partial charge on any atom is 0.410 e. The number of ether oxygens (including phenoxy) is 4. The van der Waals surface area contributed by atoms with Crippen molar-refractivity contribution in [1.29, 1.82) is 0 Å². The van der Waals surface area contributed by atoms with Gasteiger partial charge in [-0.15, -0.1) is 0 Å². The van der Waals surface area contributed by atoms with Gasteiger partial charge in [-0.2, -0.15) is 0 Å². The fourth-order valence-corrected chi connectivity index (χ4v) is 3.70. The van der Waals surface area contributed by atoms with Gasteiger partial charge < -0.3 is 29.0 Å². The summed E-state index contributed by atoms with van der Waals surface area (Å²) in [5.41, 5.74) is 0.831. The molecule has 3 rings (SSSR count). The van der Waals surface area contributed by atoms with Crippen LogP contribution in [0.25, 0.3) is 0 Å². The lowest BCUT2D eigenvalue weighted by Gasteiger charge is -2.29. The zero-order valence-electron chi connectivity index (χ0n) is 22.5. The number of carbonyl (C=O) groups excluding carboxylic acids is 2. The first-order valence-electron chi connectivity index (χ1n) is 12.6. The van der Waals surface area contributed by atoms with E-state index in [4.69, 9.17) is 30.5 Å². The first-order valence-corrected chi connectivity index (χ1v) is 12.9. The summed E-state index contributed by atoms with van der Waals surface area (Å²) in [6.45, 7) is 11.8. The number of fused-ring (bicyclic) bond motifs is 1. The van der Waals surface area contributed by atoms with Crippen LogP contribution < -0.4 is 9.47 Å². The molecule has 0 aliphatic carbocycles. The third kappa shape index (κ3) is 9.44. The number of esters is 1. The summed E-state index contributed by atoms with van der Waals surface area (Å²) in [6, 6.07) is 12.3. The van der Waals surface area contributed by atoms with E-state index in [0.717, 1.165) is 5.56 Å². The van der Waals surface area contributed by atoms with Crippen molar-refractivity contribution in [3.63, 3.8) is 0 Å². The normalized spacial score (nSPS) is 15.1. The molecule has 37 heavy (non-hydrogen) atoms. The molecule has 0 fully saturated rings. The SMILES string of the molecule is CC.CCOC(=O)C1COc2cc(CCN(C[C@H](O)c3cccc(Cl)c3)C(=O)OC(C)(C)C)ccc2O1. The number of aliphatic hydroxyl groups is 1. The van der Waals surface area contributed by atoms with E-state index in [0.29, 0.717) is 35.1 Å². The van der Waals surface area contributed by atoms with E-state index >= 15 is 0 Å². The van der Waals surface area contributed by atoms with Crippen LogP contribution in [-0.2, 0) is 20.7 Å². The van der Waals surface area contributed by atoms with Crippen LogP contribution in [0.2, 0.25) is 5.02 Å². The molecule has 1 aliphatic rings. The van der Waals surface area contributed by atoms with Crippen LogP contribution in [0.15, 0.2) is 42.5 Å². The molecule has 2 atom stereocenters. The lowest BCUT2D eigenvalue weighted by Crippen LogP contribution is -2.40. The third-order valence-electron chi connectivity index (χ3n) is 5.17. The predicted octanol–water partition coefficient (Wildman–Crippen LogP) is 5.58. The Labute approximate surface area is 224 Å². The number of hydrogen-bond acceptors (Lipinski definition) is 7. The van der Waals surface area contributed by atoms with Crippen LogP contribution in [0.4, 0.5) is 4.79 Å². The molecule has 204 valence electrons. The van der Waals surface area contributed by atoms with Crippen LogP contribution in [0.3, 0.4) is 0 Å². The fraction of sp³-hybridized carbons (Fsp3) is 0.500. The molecular weight excluding hydrogens is 498 g/mol. The van der Waals surface area contributed by atoms with Crippen LogP contribution in [0.5, 0.6) is 11.5 Å². The molecule has 0 radical (unpaired) electrons. The van der Waals surface area contributed by atoms with Gasteiger partial charge in [0.2, 0.25) is 6.10 Å². The Balaban J connectivity index is 0.00000235. The van der Waals surface area contributed by atoms with Gasteiger partial charge in [-0.25, -0.2) is 9.59 Å². The van der Waals surface area contributed by atoms with Crippen LogP contribution in [-0.4, -0.2) is 60.1 Å². The van der Waals surface area contributed by atoms with Crippen LogP contribution in [0, 0.1) is 0 Å². The van der Waals surface area contributed by atoms with Crippen molar-refractivity contribution < 1.29 is 33.6 Å². The molecule has 1 aliphatic heterocycles. The number of carbonyl (C=O) groups is 2. The Hall–Kier alpha value is -2.97. The second kappa shape index (κ2) is 14.1. The van der Waals surface area contributed by atoms with E-state index < -0.39 is 29.9 Å². The van der Waals surface area contributed by atoms with Gasteiger partial charge in [-0.1, -0.05) is 43.6 Å². The Kier molecular flexibility index (Phi) is 11.5. The lowest BCUT2D eigenvalue weighted by molar-refractivity contribution is -0.153. The molecule has 8 nitrogen and oxygen atoms in total. The average molecular weight is 536 g/mol. The second-order valence-electron chi connectivity index (χ2n) is 9.20. The molecule has 1 amide bonds. The van der Waals surface area contributed by atoms with Crippen molar-refractivity contribution in [3.05, 3.63) is 58.6 Å². The fourth-order valence-electron chi connectivity index (χ4n) is 3.50. The summed E-state index contributed by atoms with van der Waals surface area (Å²) in [7, 11) is 0. The molecular formula is C28H38ClNO7. The molecule has 2 aromatic carbocycles. The highest BCUT2D eigenvalue weighted by Gasteiger charge is 2.29. The molecule has 9 heteroatoms. The first-order chi connectivity index (χ1) is 17.6. The molecule has 0 spiro atoms. The van der Waals surface area contributed by atoms with Crippen molar-refractivity contribution >= 4 is 23.7 Å². The van der Waals surface area contributed by atoms with E-state index in [1.165, 1.54) is 4.90 Å². The Morgan fingerprint density at radius 1 is 1.16 bits per heavy atom. The van der Waals surface area contributed by atoms with Crippen molar-refractivity contribution in [1.82, 2.24) is 4.90 Å². The highest BCUT2D eigenvalue weighted by atomic mass is 35.5. The highest BCUT2D eigenvalue weighted by molar-refractivity contribution is 6.30. The molecule has 1 N–H and O–H groups in total. The van der Waals surface area contributed by atoms with E-state index in [9.17, 15) is 14.7 Å². The lowest BCUT2D eigenvalue weighted by atomic mass is 10.1. The number of nitrogens with zero attached hydrogens (tertiary/aromatic N) is 1. The number of aliphatic hydroxyl groups excluding tert-OH is 1. The van der Waals surface area contributed by atoms with Crippen molar-refractivity contribution in [3.8, 4) is 11.5 Å². The molecule has 0 saturated carbocycles. The summed E-state index contributed by atoms with van der Waals surface area (Å²) >= 11 is 6.05. The average Bonchev–Trinajstić information content (AvgIpc) is 2.86. The molecule has 0 bridgehead atoms. The second-order valence-corrected chi connectivity index (χ2v) is 9.63. The van der Waals surface area contributed by atoms with E-state index in [-0.39, 0.29) is 19.8 Å². The predicted molar refractivity (Wildman–Crippen MR) is 142 cm³/mol. The first kappa shape index (κ1) is 30.3.